The molecule has 0 spiro atoms. The molecule has 0 radical (unpaired) electrons. The molecule has 120 valence electrons. The van der Waals surface area contributed by atoms with E-state index in [1.165, 1.54) is 0 Å². The summed E-state index contributed by atoms with van der Waals surface area (Å²) in [6.45, 7) is 0.282. The number of hydrogen-bond donors (Lipinski definition) is 4. The van der Waals surface area contributed by atoms with Crippen molar-refractivity contribution in [3.8, 4) is 5.75 Å². The minimum atomic E-state index is -0.480. The first-order valence-corrected chi connectivity index (χ1v) is 9.13. The maximum atomic E-state index is 8.87. The summed E-state index contributed by atoms with van der Waals surface area (Å²) in [5, 5.41) is 9.79. The molecule has 0 bridgehead atoms. The molecular formula is C15H21AsClN3O2. The Hall–Kier alpha value is -1.55. The van der Waals surface area contributed by atoms with E-state index in [2.05, 4.69) is 0 Å². The normalized spacial score (nSPS) is 10.6. The van der Waals surface area contributed by atoms with E-state index >= 15 is 0 Å². The van der Waals surface area contributed by atoms with Gasteiger partial charge in [-0.05, 0) is 0 Å². The molecular weight excluding hydrogens is 365 g/mol. The number of halogens is 1. The van der Waals surface area contributed by atoms with Crippen LogP contribution in [0.4, 0.5) is 17.1 Å². The van der Waals surface area contributed by atoms with Gasteiger partial charge in [0.15, 0.2) is 0 Å². The Morgan fingerprint density at radius 1 is 0.955 bits per heavy atom. The molecule has 1 atom stereocenters. The summed E-state index contributed by atoms with van der Waals surface area (Å²) in [5.41, 5.74) is 20.7. The summed E-state index contributed by atoms with van der Waals surface area (Å²) in [4.78, 5) is 0. The Balaban J connectivity index is 0.00000242. The molecule has 7 heteroatoms. The van der Waals surface area contributed by atoms with Crippen LogP contribution in [0.25, 0.3) is 0 Å². The van der Waals surface area contributed by atoms with E-state index < -0.39 is 15.8 Å². The fraction of sp³-hybridized carbons (Fsp3) is 0.200. The topological polar surface area (TPSA) is 108 Å². The van der Waals surface area contributed by atoms with Crippen molar-refractivity contribution >= 4 is 49.6 Å². The fourth-order valence-corrected chi connectivity index (χ4v) is 4.52. The summed E-state index contributed by atoms with van der Waals surface area (Å²) in [6, 6.07) is 11.3. The predicted octanol–water partition coefficient (Wildman–Crippen LogP) is 0.488. The molecule has 1 unspecified atom stereocenters. The van der Waals surface area contributed by atoms with Gasteiger partial charge in [0.2, 0.25) is 0 Å². The Bertz CT molecular complexity index is 605. The molecule has 0 aromatic heterocycles. The van der Waals surface area contributed by atoms with Crippen LogP contribution in [0.15, 0.2) is 36.4 Å². The second kappa shape index (κ2) is 8.79. The molecule has 0 aliphatic carbocycles. The Morgan fingerprint density at radius 3 is 2.27 bits per heavy atom. The van der Waals surface area contributed by atoms with Crippen molar-refractivity contribution < 1.29 is 9.84 Å². The average Bonchev–Trinajstić information content (AvgIpc) is 2.43. The third-order valence-corrected chi connectivity index (χ3v) is 5.72. The fourth-order valence-electron chi connectivity index (χ4n) is 2.01. The molecule has 7 N–H and O–H groups in total. The zero-order valence-corrected chi connectivity index (χ0v) is 15.0. The van der Waals surface area contributed by atoms with Crippen molar-refractivity contribution in [2.45, 2.75) is 5.21 Å². The Morgan fingerprint density at radius 2 is 1.64 bits per heavy atom. The molecule has 0 saturated heterocycles. The second-order valence-electron chi connectivity index (χ2n) is 4.69. The van der Waals surface area contributed by atoms with Gasteiger partial charge in [-0.15, -0.1) is 12.4 Å². The minimum absolute atomic E-state index is 0. The van der Waals surface area contributed by atoms with Gasteiger partial charge < -0.3 is 0 Å². The van der Waals surface area contributed by atoms with E-state index in [1.54, 1.807) is 12.1 Å². The first kappa shape index (κ1) is 18.5. The average molecular weight is 386 g/mol. The van der Waals surface area contributed by atoms with E-state index in [-0.39, 0.29) is 25.6 Å². The van der Waals surface area contributed by atoms with Crippen LogP contribution in [-0.2, 0) is 5.21 Å². The summed E-state index contributed by atoms with van der Waals surface area (Å²) in [7, 11) is 0. The SMILES string of the molecule is Cl.Nc1cc(N)cc(C[AsH]c2cc(N)ccc2OCCO)c1. The molecule has 0 saturated carbocycles. The van der Waals surface area contributed by atoms with Crippen molar-refractivity contribution in [1.82, 2.24) is 0 Å². The van der Waals surface area contributed by atoms with E-state index in [0.717, 1.165) is 26.6 Å². The van der Waals surface area contributed by atoms with Crippen LogP contribution in [0.1, 0.15) is 5.56 Å². The van der Waals surface area contributed by atoms with Gasteiger partial charge in [-0.25, -0.2) is 0 Å². The summed E-state index contributed by atoms with van der Waals surface area (Å²) >= 11 is -0.480. The van der Waals surface area contributed by atoms with Crippen LogP contribution >= 0.6 is 12.4 Å². The number of rotatable bonds is 6. The van der Waals surface area contributed by atoms with Gasteiger partial charge in [0.1, 0.15) is 0 Å². The van der Waals surface area contributed by atoms with Gasteiger partial charge in [0.25, 0.3) is 0 Å². The number of hydrogen-bond acceptors (Lipinski definition) is 5. The van der Waals surface area contributed by atoms with Crippen molar-refractivity contribution in [3.05, 3.63) is 42.0 Å². The summed E-state index contributed by atoms with van der Waals surface area (Å²) in [5.74, 6) is 0.801. The van der Waals surface area contributed by atoms with Gasteiger partial charge in [-0.1, -0.05) is 0 Å². The maximum absolute atomic E-state index is 8.87. The van der Waals surface area contributed by atoms with Crippen molar-refractivity contribution in [3.63, 3.8) is 0 Å². The van der Waals surface area contributed by atoms with Crippen molar-refractivity contribution in [2.75, 3.05) is 30.4 Å². The zero-order valence-electron chi connectivity index (χ0n) is 12.1. The van der Waals surface area contributed by atoms with E-state index in [1.807, 2.05) is 24.3 Å². The second-order valence-corrected chi connectivity index (χ2v) is 7.30. The molecule has 0 aliphatic rings. The Labute approximate surface area is 142 Å². The van der Waals surface area contributed by atoms with Gasteiger partial charge in [-0.3, -0.25) is 0 Å². The van der Waals surface area contributed by atoms with Crippen LogP contribution in [-0.4, -0.2) is 34.1 Å². The van der Waals surface area contributed by atoms with E-state index in [9.17, 15) is 0 Å². The van der Waals surface area contributed by atoms with Crippen molar-refractivity contribution in [2.24, 2.45) is 0 Å². The predicted molar refractivity (Wildman–Crippen MR) is 96.4 cm³/mol. The zero-order chi connectivity index (χ0) is 15.2. The van der Waals surface area contributed by atoms with Crippen LogP contribution in [0.3, 0.4) is 0 Å². The van der Waals surface area contributed by atoms with Gasteiger partial charge >= 0.3 is 130 Å². The van der Waals surface area contributed by atoms with Gasteiger partial charge in [0, 0.05) is 0 Å². The first-order valence-electron chi connectivity index (χ1n) is 6.60. The first-order chi connectivity index (χ1) is 10.1. The third kappa shape index (κ3) is 5.33. The quantitative estimate of drug-likeness (QED) is 0.427. The molecule has 0 fully saturated rings. The third-order valence-electron chi connectivity index (χ3n) is 2.87. The molecule has 0 heterocycles. The summed E-state index contributed by atoms with van der Waals surface area (Å²) in [6.07, 6.45) is 0. The standard InChI is InChI=1S/C15H20AsN3O2.ClH/c17-11-1-2-15(21-4-3-20)14(8-11)16-9-10-5-12(18)7-13(19)6-10;/h1-2,5-8,16,20H,3-4,9,17-19H2;1H. The van der Waals surface area contributed by atoms with Crippen LogP contribution < -0.4 is 26.3 Å². The molecule has 2 aromatic rings. The molecule has 5 nitrogen and oxygen atoms in total. The van der Waals surface area contributed by atoms with Crippen molar-refractivity contribution in [1.29, 1.82) is 0 Å². The molecule has 2 rings (SSSR count). The number of nitrogen functional groups attached to an aromatic ring is 3. The molecule has 2 aromatic carbocycles. The number of anilines is 3. The monoisotopic (exact) mass is 385 g/mol. The molecule has 0 aliphatic heterocycles. The van der Waals surface area contributed by atoms with Crippen LogP contribution in [0.5, 0.6) is 5.75 Å². The Kier molecular flexibility index (Phi) is 7.39. The molecule has 0 amide bonds. The summed E-state index contributed by atoms with van der Waals surface area (Å²) < 4.78 is 6.68. The van der Waals surface area contributed by atoms with Crippen LogP contribution in [0.2, 0.25) is 0 Å². The van der Waals surface area contributed by atoms with Gasteiger partial charge in [0.05, 0.1) is 0 Å². The van der Waals surface area contributed by atoms with Gasteiger partial charge in [-0.2, -0.15) is 0 Å². The number of ether oxygens (including phenoxy) is 1. The van der Waals surface area contributed by atoms with E-state index in [0.29, 0.717) is 11.4 Å². The van der Waals surface area contributed by atoms with Crippen LogP contribution in [0, 0.1) is 0 Å². The number of aliphatic hydroxyl groups is 1. The molecule has 22 heavy (non-hydrogen) atoms. The number of aliphatic hydroxyl groups excluding tert-OH is 1. The number of benzene rings is 2. The number of nitrogens with two attached hydrogens (primary N) is 3. The van der Waals surface area contributed by atoms with E-state index in [4.69, 9.17) is 27.0 Å².